The van der Waals surface area contributed by atoms with Crippen LogP contribution >= 0.6 is 34.8 Å². The molecule has 1 unspecified atom stereocenters. The first kappa shape index (κ1) is 28.8. The zero-order chi connectivity index (χ0) is 27.2. The number of rotatable bonds is 10. The molecule has 0 spiro atoms. The van der Waals surface area contributed by atoms with E-state index in [0.29, 0.717) is 5.02 Å². The maximum Gasteiger partial charge on any atom is 0.244 e. The molecule has 7 nitrogen and oxygen atoms in total. The summed E-state index contributed by atoms with van der Waals surface area (Å²) in [5, 5.41) is 3.54. The van der Waals surface area contributed by atoms with Gasteiger partial charge in [0.25, 0.3) is 0 Å². The van der Waals surface area contributed by atoms with Crippen molar-refractivity contribution in [2.24, 2.45) is 0 Å². The van der Waals surface area contributed by atoms with Crippen molar-refractivity contribution in [3.05, 3.63) is 99.0 Å². The van der Waals surface area contributed by atoms with E-state index in [1.54, 1.807) is 24.3 Å². The van der Waals surface area contributed by atoms with E-state index in [2.05, 4.69) is 5.32 Å². The van der Waals surface area contributed by atoms with Crippen LogP contribution in [0.4, 0.5) is 5.69 Å². The lowest BCUT2D eigenvalue weighted by Crippen LogP contribution is -2.52. The van der Waals surface area contributed by atoms with Gasteiger partial charge in [-0.25, -0.2) is 8.42 Å². The second kappa shape index (κ2) is 12.6. The number of nitrogens with one attached hydrogen (secondary N) is 1. The summed E-state index contributed by atoms with van der Waals surface area (Å²) in [4.78, 5) is 28.2. The SMILES string of the molecule is CNC(=O)C(Cc1ccccc1)N(Cc1ccc(Cl)cc1)C(=O)CN(c1ccc(Cl)c(Cl)c1)S(C)(=O)=O. The summed E-state index contributed by atoms with van der Waals surface area (Å²) in [6.07, 6.45) is 1.22. The van der Waals surface area contributed by atoms with Gasteiger partial charge in [0, 0.05) is 25.0 Å². The molecule has 0 saturated carbocycles. The highest BCUT2D eigenvalue weighted by Crippen LogP contribution is 2.29. The molecule has 3 rings (SSSR count). The summed E-state index contributed by atoms with van der Waals surface area (Å²) in [5.41, 5.74) is 1.74. The number of likely N-dealkylation sites (N-methyl/N-ethyl adjacent to an activating group) is 1. The average Bonchev–Trinajstić information content (AvgIpc) is 2.87. The third kappa shape index (κ3) is 7.85. The molecular weight excluding hydrogens is 557 g/mol. The number of anilines is 1. The summed E-state index contributed by atoms with van der Waals surface area (Å²) < 4.78 is 26.4. The number of hydrogen-bond donors (Lipinski definition) is 1. The van der Waals surface area contributed by atoms with E-state index < -0.39 is 28.5 Å². The minimum Gasteiger partial charge on any atom is -0.357 e. The average molecular weight is 583 g/mol. The molecule has 0 radical (unpaired) electrons. The van der Waals surface area contributed by atoms with Crippen LogP contribution in [-0.4, -0.2) is 51.0 Å². The minimum absolute atomic E-state index is 0.0555. The van der Waals surface area contributed by atoms with Crippen molar-refractivity contribution in [2.45, 2.75) is 19.0 Å². The summed E-state index contributed by atoms with van der Waals surface area (Å²) >= 11 is 18.1. The van der Waals surface area contributed by atoms with E-state index in [4.69, 9.17) is 34.8 Å². The number of benzene rings is 3. The van der Waals surface area contributed by atoms with E-state index in [1.165, 1.54) is 30.1 Å². The van der Waals surface area contributed by atoms with Crippen molar-refractivity contribution < 1.29 is 18.0 Å². The van der Waals surface area contributed by atoms with Gasteiger partial charge in [-0.15, -0.1) is 0 Å². The number of hydrogen-bond acceptors (Lipinski definition) is 4. The quantitative estimate of drug-likeness (QED) is 0.372. The smallest absolute Gasteiger partial charge is 0.244 e. The van der Waals surface area contributed by atoms with Gasteiger partial charge in [0.1, 0.15) is 12.6 Å². The first-order chi connectivity index (χ1) is 17.5. The molecule has 0 saturated heterocycles. The molecule has 0 bridgehead atoms. The normalized spacial score (nSPS) is 12.0. The number of amides is 2. The lowest BCUT2D eigenvalue weighted by Gasteiger charge is -2.33. The zero-order valence-corrected chi connectivity index (χ0v) is 23.3. The molecule has 37 heavy (non-hydrogen) atoms. The first-order valence-corrected chi connectivity index (χ1v) is 14.2. The van der Waals surface area contributed by atoms with Gasteiger partial charge in [0.05, 0.1) is 22.0 Å². The Kier molecular flexibility index (Phi) is 9.84. The van der Waals surface area contributed by atoms with Crippen molar-refractivity contribution in [1.29, 1.82) is 0 Å². The van der Waals surface area contributed by atoms with Crippen molar-refractivity contribution in [3.8, 4) is 0 Å². The molecule has 0 aliphatic rings. The van der Waals surface area contributed by atoms with Crippen molar-refractivity contribution in [2.75, 3.05) is 24.2 Å². The third-order valence-electron chi connectivity index (χ3n) is 5.65. The fraction of sp³-hybridized carbons (Fsp3) is 0.231. The lowest BCUT2D eigenvalue weighted by atomic mass is 10.0. The first-order valence-electron chi connectivity index (χ1n) is 11.2. The van der Waals surface area contributed by atoms with Gasteiger partial charge in [-0.05, 0) is 41.5 Å². The molecule has 3 aromatic carbocycles. The van der Waals surface area contributed by atoms with Crippen LogP contribution in [-0.2, 0) is 32.6 Å². The Morgan fingerprint density at radius 2 is 1.54 bits per heavy atom. The highest BCUT2D eigenvalue weighted by Gasteiger charge is 2.32. The van der Waals surface area contributed by atoms with Gasteiger partial charge in [-0.1, -0.05) is 77.3 Å². The largest absolute Gasteiger partial charge is 0.357 e. The maximum atomic E-state index is 13.8. The fourth-order valence-corrected chi connectivity index (χ4v) is 5.02. The molecular formula is C26H26Cl3N3O4S. The van der Waals surface area contributed by atoms with Gasteiger partial charge >= 0.3 is 0 Å². The Hall–Kier alpha value is -2.78. The molecule has 0 heterocycles. The second-order valence-electron chi connectivity index (χ2n) is 8.34. The fourth-order valence-electron chi connectivity index (χ4n) is 3.76. The van der Waals surface area contributed by atoms with Crippen molar-refractivity contribution in [1.82, 2.24) is 10.2 Å². The molecule has 0 aromatic heterocycles. The highest BCUT2D eigenvalue weighted by molar-refractivity contribution is 7.92. The molecule has 2 amide bonds. The van der Waals surface area contributed by atoms with Gasteiger partial charge in [-0.3, -0.25) is 13.9 Å². The minimum atomic E-state index is -3.90. The van der Waals surface area contributed by atoms with Crippen LogP contribution in [0.15, 0.2) is 72.8 Å². The standard InChI is InChI=1S/C26H26Cl3N3O4S/c1-30-26(34)24(14-18-6-4-3-5-7-18)31(16-19-8-10-20(27)11-9-19)25(33)17-32(37(2,35)36)21-12-13-22(28)23(29)15-21/h3-13,15,24H,14,16-17H2,1-2H3,(H,30,34). The monoisotopic (exact) mass is 581 g/mol. The molecule has 1 atom stereocenters. The maximum absolute atomic E-state index is 13.8. The molecule has 0 aliphatic heterocycles. The third-order valence-corrected chi connectivity index (χ3v) is 7.79. The molecule has 3 aromatic rings. The van der Waals surface area contributed by atoms with Crippen LogP contribution in [0.2, 0.25) is 15.1 Å². The molecule has 11 heteroatoms. The van der Waals surface area contributed by atoms with Crippen molar-refractivity contribution in [3.63, 3.8) is 0 Å². The molecule has 196 valence electrons. The topological polar surface area (TPSA) is 86.8 Å². The second-order valence-corrected chi connectivity index (χ2v) is 11.5. The summed E-state index contributed by atoms with van der Waals surface area (Å²) in [5.74, 6) is -0.956. The van der Waals surface area contributed by atoms with E-state index in [0.717, 1.165) is 21.7 Å². The number of nitrogens with zero attached hydrogens (tertiary/aromatic N) is 2. The molecule has 0 aliphatic carbocycles. The van der Waals surface area contributed by atoms with Gasteiger partial charge in [0.2, 0.25) is 21.8 Å². The van der Waals surface area contributed by atoms with Crippen LogP contribution in [0.25, 0.3) is 0 Å². The van der Waals surface area contributed by atoms with Gasteiger partial charge in [-0.2, -0.15) is 0 Å². The van der Waals surface area contributed by atoms with Gasteiger partial charge in [0.15, 0.2) is 0 Å². The van der Waals surface area contributed by atoms with Crippen molar-refractivity contribution >= 4 is 62.3 Å². The molecule has 1 N–H and O–H groups in total. The predicted octanol–water partition coefficient (Wildman–Crippen LogP) is 4.80. The Morgan fingerprint density at radius 3 is 2.11 bits per heavy atom. The zero-order valence-electron chi connectivity index (χ0n) is 20.2. The van der Waals surface area contributed by atoms with E-state index in [1.807, 2.05) is 30.3 Å². The lowest BCUT2D eigenvalue weighted by molar-refractivity contribution is -0.139. The van der Waals surface area contributed by atoms with E-state index in [-0.39, 0.29) is 34.6 Å². The van der Waals surface area contributed by atoms with Crippen LogP contribution in [0.1, 0.15) is 11.1 Å². The van der Waals surface area contributed by atoms with Gasteiger partial charge < -0.3 is 10.2 Å². The Labute approximate surface area is 232 Å². The molecule has 0 fully saturated rings. The van der Waals surface area contributed by atoms with Crippen LogP contribution < -0.4 is 9.62 Å². The van der Waals surface area contributed by atoms with E-state index >= 15 is 0 Å². The number of carbonyl (C=O) groups is 2. The predicted molar refractivity (Wildman–Crippen MR) is 149 cm³/mol. The summed E-state index contributed by atoms with van der Waals surface area (Å²) in [6, 6.07) is 19.5. The van der Waals surface area contributed by atoms with Crippen LogP contribution in [0.3, 0.4) is 0 Å². The summed E-state index contributed by atoms with van der Waals surface area (Å²) in [7, 11) is -2.41. The van der Waals surface area contributed by atoms with Crippen LogP contribution in [0.5, 0.6) is 0 Å². The highest BCUT2D eigenvalue weighted by atomic mass is 35.5. The number of halogens is 3. The Morgan fingerprint density at radius 1 is 0.892 bits per heavy atom. The number of sulfonamides is 1. The summed E-state index contributed by atoms with van der Waals surface area (Å²) in [6.45, 7) is -0.493. The number of carbonyl (C=O) groups excluding carboxylic acids is 2. The Bertz CT molecular complexity index is 1350. The van der Waals surface area contributed by atoms with Crippen LogP contribution in [0, 0.1) is 0 Å². The Balaban J connectivity index is 2.03. The van der Waals surface area contributed by atoms with E-state index in [9.17, 15) is 18.0 Å².